The summed E-state index contributed by atoms with van der Waals surface area (Å²) in [5.41, 5.74) is 0. The summed E-state index contributed by atoms with van der Waals surface area (Å²) in [7, 11) is 0. The number of hydrogen-bond acceptors (Lipinski definition) is 8. The molecule has 8 heteroatoms. The van der Waals surface area contributed by atoms with Crippen LogP contribution >= 0.6 is 0 Å². The highest BCUT2D eigenvalue weighted by Gasteiger charge is 2.03. The van der Waals surface area contributed by atoms with Gasteiger partial charge in [-0.3, -0.25) is 9.59 Å². The predicted octanol–water partition coefficient (Wildman–Crippen LogP) is 7.20. The lowest BCUT2D eigenvalue weighted by Crippen LogP contribution is -2.15. The summed E-state index contributed by atoms with van der Waals surface area (Å²) in [5.74, 6) is -0.289. The minimum Gasteiger partial charge on any atom is -0.463 e. The van der Waals surface area contributed by atoms with E-state index in [4.69, 9.17) is 28.4 Å². The van der Waals surface area contributed by atoms with Gasteiger partial charge in [0.25, 0.3) is 0 Å². The molecule has 0 spiro atoms. The second-order valence-corrected chi connectivity index (χ2v) is 10.3. The molecule has 238 valence electrons. The summed E-state index contributed by atoms with van der Waals surface area (Å²) < 4.78 is 32.0. The third-order valence-corrected chi connectivity index (χ3v) is 6.57. The topological polar surface area (TPSA) is 89.5 Å². The first-order valence-corrected chi connectivity index (χ1v) is 16.3. The lowest BCUT2D eigenvalue weighted by atomic mass is 10.0. The van der Waals surface area contributed by atoms with Crippen LogP contribution in [-0.2, 0) is 38.0 Å². The van der Waals surface area contributed by atoms with E-state index in [0.717, 1.165) is 32.1 Å². The fourth-order valence-corrected chi connectivity index (χ4v) is 4.14. The van der Waals surface area contributed by atoms with Gasteiger partial charge in [0.05, 0.1) is 52.9 Å². The van der Waals surface area contributed by atoms with Crippen molar-refractivity contribution < 1.29 is 38.0 Å². The van der Waals surface area contributed by atoms with E-state index in [9.17, 15) is 9.59 Å². The SMILES string of the molecule is CCCCCCCCCCCCCCCC(=O)OCCOCCOCCOCCOCCOC(=O)CCCCC. The molecule has 0 aliphatic carbocycles. The molecule has 0 aliphatic rings. The van der Waals surface area contributed by atoms with E-state index in [2.05, 4.69) is 13.8 Å². The lowest BCUT2D eigenvalue weighted by Gasteiger charge is -2.08. The van der Waals surface area contributed by atoms with Gasteiger partial charge in [0.15, 0.2) is 0 Å². The normalized spacial score (nSPS) is 11.2. The molecule has 0 amide bonds. The minimum absolute atomic E-state index is 0.132. The highest BCUT2D eigenvalue weighted by atomic mass is 16.6. The smallest absolute Gasteiger partial charge is 0.305 e. The Balaban J connectivity index is 3.18. The van der Waals surface area contributed by atoms with E-state index in [1.54, 1.807) is 0 Å². The molecule has 8 nitrogen and oxygen atoms in total. The fourth-order valence-electron chi connectivity index (χ4n) is 4.14. The third kappa shape index (κ3) is 33.0. The van der Waals surface area contributed by atoms with Crippen molar-refractivity contribution in [2.24, 2.45) is 0 Å². The molecule has 0 aromatic heterocycles. The van der Waals surface area contributed by atoms with Gasteiger partial charge in [0.2, 0.25) is 0 Å². The van der Waals surface area contributed by atoms with Crippen LogP contribution in [0.4, 0.5) is 0 Å². The van der Waals surface area contributed by atoms with E-state index in [-0.39, 0.29) is 18.5 Å². The monoisotopic (exact) mass is 574 g/mol. The van der Waals surface area contributed by atoms with Gasteiger partial charge in [-0.05, 0) is 12.8 Å². The van der Waals surface area contributed by atoms with E-state index in [1.807, 2.05) is 0 Å². The average Bonchev–Trinajstić information content (AvgIpc) is 2.95. The summed E-state index contributed by atoms with van der Waals surface area (Å²) >= 11 is 0. The Bertz CT molecular complexity index is 529. The second kappa shape index (κ2) is 34.0. The van der Waals surface area contributed by atoms with Gasteiger partial charge in [-0.25, -0.2) is 0 Å². The van der Waals surface area contributed by atoms with E-state index in [0.29, 0.717) is 72.3 Å². The van der Waals surface area contributed by atoms with Crippen LogP contribution in [0, 0.1) is 0 Å². The van der Waals surface area contributed by atoms with Gasteiger partial charge in [-0.15, -0.1) is 0 Å². The molecule has 0 saturated heterocycles. The van der Waals surface area contributed by atoms with Crippen molar-refractivity contribution in [1.82, 2.24) is 0 Å². The number of ether oxygens (including phenoxy) is 6. The Hall–Kier alpha value is -1.22. The first-order chi connectivity index (χ1) is 19.7. The lowest BCUT2D eigenvalue weighted by molar-refractivity contribution is -0.146. The largest absolute Gasteiger partial charge is 0.463 e. The molecule has 0 rings (SSSR count). The molecule has 0 saturated carbocycles. The van der Waals surface area contributed by atoms with Gasteiger partial charge in [0.1, 0.15) is 13.2 Å². The quantitative estimate of drug-likeness (QED) is 0.0600. The average molecular weight is 575 g/mol. The molecule has 0 N–H and O–H groups in total. The van der Waals surface area contributed by atoms with Gasteiger partial charge in [-0.1, -0.05) is 104 Å². The van der Waals surface area contributed by atoms with E-state index < -0.39 is 0 Å². The second-order valence-electron chi connectivity index (χ2n) is 10.3. The standard InChI is InChI=1S/C32H62O8/c1-3-5-7-8-9-10-11-12-13-14-15-16-18-20-32(34)40-30-28-38-26-24-36-22-21-35-23-25-37-27-29-39-31(33)19-17-6-4-2/h3-30H2,1-2H3. The molecule has 40 heavy (non-hydrogen) atoms. The van der Waals surface area contributed by atoms with Crippen molar-refractivity contribution in [3.8, 4) is 0 Å². The summed E-state index contributed by atoms with van der Waals surface area (Å²) in [5, 5.41) is 0. The van der Waals surface area contributed by atoms with Crippen LogP contribution in [-0.4, -0.2) is 78.0 Å². The Labute approximate surface area is 245 Å². The van der Waals surface area contributed by atoms with Crippen LogP contribution in [0.15, 0.2) is 0 Å². The van der Waals surface area contributed by atoms with Crippen molar-refractivity contribution in [1.29, 1.82) is 0 Å². The number of carbonyl (C=O) groups excluding carboxylic acids is 2. The summed E-state index contributed by atoms with van der Waals surface area (Å²) in [6, 6.07) is 0. The van der Waals surface area contributed by atoms with Crippen LogP contribution in [0.1, 0.15) is 129 Å². The maximum atomic E-state index is 11.8. The Morgan fingerprint density at radius 1 is 0.350 bits per heavy atom. The number of carbonyl (C=O) groups is 2. The summed E-state index contributed by atoms with van der Waals surface area (Å²) in [6.45, 7) is 8.51. The molecule has 0 aromatic carbocycles. The van der Waals surface area contributed by atoms with E-state index in [1.165, 1.54) is 70.6 Å². The first kappa shape index (κ1) is 38.8. The van der Waals surface area contributed by atoms with Gasteiger partial charge in [-0.2, -0.15) is 0 Å². The van der Waals surface area contributed by atoms with E-state index >= 15 is 0 Å². The van der Waals surface area contributed by atoms with Gasteiger partial charge >= 0.3 is 11.9 Å². The molecule has 0 fully saturated rings. The Morgan fingerprint density at radius 2 is 0.600 bits per heavy atom. The summed E-state index contributed by atoms with van der Waals surface area (Å²) in [4.78, 5) is 23.2. The zero-order chi connectivity index (χ0) is 29.2. The van der Waals surface area contributed by atoms with Crippen LogP contribution in [0.5, 0.6) is 0 Å². The highest BCUT2D eigenvalue weighted by molar-refractivity contribution is 5.69. The molecule has 0 aliphatic heterocycles. The molecule has 0 bridgehead atoms. The van der Waals surface area contributed by atoms with Crippen molar-refractivity contribution in [2.75, 3.05) is 66.1 Å². The number of esters is 2. The van der Waals surface area contributed by atoms with Crippen LogP contribution < -0.4 is 0 Å². The Morgan fingerprint density at radius 3 is 0.950 bits per heavy atom. The maximum absolute atomic E-state index is 11.8. The molecule has 0 heterocycles. The predicted molar refractivity (Wildman–Crippen MR) is 160 cm³/mol. The number of rotatable bonds is 33. The van der Waals surface area contributed by atoms with Crippen LogP contribution in [0.2, 0.25) is 0 Å². The number of hydrogen-bond donors (Lipinski definition) is 0. The third-order valence-electron chi connectivity index (χ3n) is 6.57. The van der Waals surface area contributed by atoms with Crippen molar-refractivity contribution >= 4 is 11.9 Å². The van der Waals surface area contributed by atoms with Crippen molar-refractivity contribution in [3.05, 3.63) is 0 Å². The molecular formula is C32H62O8. The molecule has 0 radical (unpaired) electrons. The highest BCUT2D eigenvalue weighted by Crippen LogP contribution is 2.13. The molecule has 0 unspecified atom stereocenters. The molecule has 0 aromatic rings. The van der Waals surface area contributed by atoms with Crippen LogP contribution in [0.25, 0.3) is 0 Å². The van der Waals surface area contributed by atoms with Gasteiger partial charge in [0, 0.05) is 12.8 Å². The van der Waals surface area contributed by atoms with Gasteiger partial charge < -0.3 is 28.4 Å². The maximum Gasteiger partial charge on any atom is 0.305 e. The van der Waals surface area contributed by atoms with Crippen LogP contribution in [0.3, 0.4) is 0 Å². The summed E-state index contributed by atoms with van der Waals surface area (Å²) in [6.07, 6.45) is 20.9. The molecule has 0 atom stereocenters. The zero-order valence-electron chi connectivity index (χ0n) is 26.1. The Kier molecular flexibility index (Phi) is 32.9. The fraction of sp³-hybridized carbons (Fsp3) is 0.938. The number of unbranched alkanes of at least 4 members (excludes halogenated alkanes) is 14. The van der Waals surface area contributed by atoms with Crippen molar-refractivity contribution in [2.45, 2.75) is 129 Å². The van der Waals surface area contributed by atoms with Crippen molar-refractivity contribution in [3.63, 3.8) is 0 Å². The molecular weight excluding hydrogens is 512 g/mol. The first-order valence-electron chi connectivity index (χ1n) is 16.3. The minimum atomic E-state index is -0.157. The zero-order valence-corrected chi connectivity index (χ0v) is 26.1.